The maximum atomic E-state index is 12.4. The number of methoxy groups -OCH3 is 2. The summed E-state index contributed by atoms with van der Waals surface area (Å²) in [6, 6.07) is 12.6. The molecule has 0 saturated carbocycles. The smallest absolute Gasteiger partial charge is 0.325 e. The van der Waals surface area contributed by atoms with Crippen molar-refractivity contribution >= 4 is 51.1 Å². The van der Waals surface area contributed by atoms with E-state index in [1.165, 1.54) is 24.5 Å². The summed E-state index contributed by atoms with van der Waals surface area (Å²) in [6.45, 7) is -0.0524. The number of hydrogen-bond donors (Lipinski definition) is 0. The zero-order valence-corrected chi connectivity index (χ0v) is 16.8. The van der Waals surface area contributed by atoms with Gasteiger partial charge in [0.05, 0.1) is 24.4 Å². The lowest BCUT2D eigenvalue weighted by atomic mass is 10.2. The molecule has 6 nitrogen and oxygen atoms in total. The number of carbonyl (C=O) groups is 2. The lowest BCUT2D eigenvalue weighted by molar-refractivity contribution is -0.141. The van der Waals surface area contributed by atoms with E-state index in [2.05, 4.69) is 4.99 Å². The SMILES string of the molecule is COC(=O)Cn1c(=NC(=O)C=Cc2ccccc2Cl)sc2cc(OC)ccc21. The second-order valence-electron chi connectivity index (χ2n) is 5.69. The molecule has 2 aromatic carbocycles. The van der Waals surface area contributed by atoms with Crippen LogP contribution in [0.4, 0.5) is 0 Å². The fourth-order valence-corrected chi connectivity index (χ4v) is 3.78. The van der Waals surface area contributed by atoms with Crippen LogP contribution in [0.5, 0.6) is 5.75 Å². The number of halogens is 1. The van der Waals surface area contributed by atoms with E-state index >= 15 is 0 Å². The number of aromatic nitrogens is 1. The summed E-state index contributed by atoms with van der Waals surface area (Å²) in [5.74, 6) is -0.219. The molecule has 0 saturated heterocycles. The number of amides is 1. The Morgan fingerprint density at radius 2 is 2.00 bits per heavy atom. The molecule has 0 unspecified atom stereocenters. The number of carbonyl (C=O) groups excluding carboxylic acids is 2. The van der Waals surface area contributed by atoms with Crippen LogP contribution in [0.25, 0.3) is 16.3 Å². The first-order valence-electron chi connectivity index (χ1n) is 8.27. The first-order valence-corrected chi connectivity index (χ1v) is 9.46. The van der Waals surface area contributed by atoms with Crippen LogP contribution in [-0.2, 0) is 20.9 Å². The molecule has 0 spiro atoms. The minimum atomic E-state index is -0.461. The van der Waals surface area contributed by atoms with E-state index in [9.17, 15) is 9.59 Å². The van der Waals surface area contributed by atoms with Gasteiger partial charge in [0.1, 0.15) is 12.3 Å². The summed E-state index contributed by atoms with van der Waals surface area (Å²) < 4.78 is 12.5. The molecule has 144 valence electrons. The number of rotatable bonds is 5. The predicted molar refractivity (Wildman–Crippen MR) is 109 cm³/mol. The van der Waals surface area contributed by atoms with Crippen molar-refractivity contribution in [3.05, 3.63) is 63.9 Å². The van der Waals surface area contributed by atoms with Gasteiger partial charge >= 0.3 is 5.97 Å². The number of fused-ring (bicyclic) bond motifs is 1. The number of hydrogen-bond acceptors (Lipinski definition) is 5. The average Bonchev–Trinajstić information content (AvgIpc) is 3.03. The highest BCUT2D eigenvalue weighted by molar-refractivity contribution is 7.16. The van der Waals surface area contributed by atoms with Crippen LogP contribution >= 0.6 is 22.9 Å². The molecule has 0 bridgehead atoms. The minimum Gasteiger partial charge on any atom is -0.497 e. The van der Waals surface area contributed by atoms with Gasteiger partial charge in [-0.3, -0.25) is 9.59 Å². The van der Waals surface area contributed by atoms with Gasteiger partial charge in [0.25, 0.3) is 5.91 Å². The molecule has 0 aliphatic heterocycles. The van der Waals surface area contributed by atoms with Crippen molar-refractivity contribution < 1.29 is 19.1 Å². The second kappa shape index (κ2) is 8.86. The third kappa shape index (κ3) is 4.49. The van der Waals surface area contributed by atoms with Crippen LogP contribution in [-0.4, -0.2) is 30.7 Å². The van der Waals surface area contributed by atoms with E-state index in [-0.39, 0.29) is 6.54 Å². The number of nitrogens with zero attached hydrogens (tertiary/aromatic N) is 2. The number of thiazole rings is 1. The largest absolute Gasteiger partial charge is 0.497 e. The zero-order chi connectivity index (χ0) is 20.1. The normalized spacial score (nSPS) is 11.9. The van der Waals surface area contributed by atoms with E-state index in [1.54, 1.807) is 36.0 Å². The standard InChI is InChI=1S/C20H17ClN2O4S/c1-26-14-8-9-16-17(11-14)28-20(23(16)12-19(25)27-2)22-18(24)10-7-13-5-3-4-6-15(13)21/h3-11H,12H2,1-2H3. The molecule has 0 fully saturated rings. The monoisotopic (exact) mass is 416 g/mol. The molecule has 0 aliphatic carbocycles. The van der Waals surface area contributed by atoms with Crippen molar-refractivity contribution in [2.75, 3.05) is 14.2 Å². The fraction of sp³-hybridized carbons (Fsp3) is 0.150. The number of benzene rings is 2. The van der Waals surface area contributed by atoms with Crippen LogP contribution in [0, 0.1) is 0 Å². The van der Waals surface area contributed by atoms with Gasteiger partial charge in [0.15, 0.2) is 4.80 Å². The molecule has 0 aliphatic rings. The van der Waals surface area contributed by atoms with Crippen molar-refractivity contribution in [2.24, 2.45) is 4.99 Å². The zero-order valence-electron chi connectivity index (χ0n) is 15.2. The van der Waals surface area contributed by atoms with Crippen LogP contribution in [0.1, 0.15) is 5.56 Å². The predicted octanol–water partition coefficient (Wildman–Crippen LogP) is 3.68. The van der Waals surface area contributed by atoms with Crippen molar-refractivity contribution in [3.63, 3.8) is 0 Å². The summed E-state index contributed by atoms with van der Waals surface area (Å²) in [6.07, 6.45) is 2.95. The molecule has 3 aromatic rings. The first kappa shape index (κ1) is 19.9. The summed E-state index contributed by atoms with van der Waals surface area (Å²) >= 11 is 7.38. The molecule has 0 N–H and O–H groups in total. The van der Waals surface area contributed by atoms with E-state index in [0.29, 0.717) is 15.6 Å². The second-order valence-corrected chi connectivity index (χ2v) is 7.10. The summed E-state index contributed by atoms with van der Waals surface area (Å²) in [5, 5.41) is 0.543. The van der Waals surface area contributed by atoms with Gasteiger partial charge in [-0.25, -0.2) is 0 Å². The molecule has 0 radical (unpaired) electrons. The van der Waals surface area contributed by atoms with Gasteiger partial charge in [-0.1, -0.05) is 41.1 Å². The number of ether oxygens (including phenoxy) is 2. The summed E-state index contributed by atoms with van der Waals surface area (Å²) in [4.78, 5) is 28.7. The molecule has 3 rings (SSSR count). The van der Waals surface area contributed by atoms with E-state index in [0.717, 1.165) is 15.8 Å². The highest BCUT2D eigenvalue weighted by Gasteiger charge is 2.12. The van der Waals surface area contributed by atoms with Crippen molar-refractivity contribution in [1.82, 2.24) is 4.57 Å². The van der Waals surface area contributed by atoms with Gasteiger partial charge < -0.3 is 14.0 Å². The Hall–Kier alpha value is -2.90. The van der Waals surface area contributed by atoms with Gasteiger partial charge in [-0.05, 0) is 35.9 Å². The molecule has 28 heavy (non-hydrogen) atoms. The lowest BCUT2D eigenvalue weighted by Crippen LogP contribution is -2.22. The lowest BCUT2D eigenvalue weighted by Gasteiger charge is -2.04. The van der Waals surface area contributed by atoms with Crippen molar-refractivity contribution in [1.29, 1.82) is 0 Å². The van der Waals surface area contributed by atoms with E-state index < -0.39 is 11.9 Å². The summed E-state index contributed by atoms with van der Waals surface area (Å²) in [7, 11) is 2.89. The molecular weight excluding hydrogens is 400 g/mol. The molecular formula is C20H17ClN2O4S. The van der Waals surface area contributed by atoms with E-state index in [1.807, 2.05) is 24.3 Å². The topological polar surface area (TPSA) is 69.9 Å². The highest BCUT2D eigenvalue weighted by Crippen LogP contribution is 2.23. The van der Waals surface area contributed by atoms with Crippen molar-refractivity contribution in [3.8, 4) is 5.75 Å². The van der Waals surface area contributed by atoms with Gasteiger partial charge in [-0.15, -0.1) is 0 Å². The van der Waals surface area contributed by atoms with Gasteiger partial charge in [-0.2, -0.15) is 4.99 Å². The van der Waals surface area contributed by atoms with Crippen LogP contribution in [0.3, 0.4) is 0 Å². The number of esters is 1. The van der Waals surface area contributed by atoms with Gasteiger partial charge in [0, 0.05) is 11.1 Å². The molecule has 1 amide bonds. The Morgan fingerprint density at radius 1 is 1.21 bits per heavy atom. The third-order valence-electron chi connectivity index (χ3n) is 3.92. The fourth-order valence-electron chi connectivity index (χ4n) is 2.52. The van der Waals surface area contributed by atoms with Crippen LogP contribution in [0.15, 0.2) is 53.5 Å². The Kier molecular flexibility index (Phi) is 6.28. The maximum absolute atomic E-state index is 12.4. The van der Waals surface area contributed by atoms with Crippen molar-refractivity contribution in [2.45, 2.75) is 6.54 Å². The molecule has 8 heteroatoms. The average molecular weight is 417 g/mol. The summed E-state index contributed by atoms with van der Waals surface area (Å²) in [5.41, 5.74) is 1.48. The Bertz CT molecular complexity index is 1130. The minimum absolute atomic E-state index is 0.0524. The van der Waals surface area contributed by atoms with E-state index in [4.69, 9.17) is 21.1 Å². The van der Waals surface area contributed by atoms with Crippen LogP contribution < -0.4 is 9.54 Å². The Labute approximate surface area is 170 Å². The Morgan fingerprint density at radius 3 is 2.71 bits per heavy atom. The Balaban J connectivity index is 2.02. The molecule has 1 aromatic heterocycles. The highest BCUT2D eigenvalue weighted by atomic mass is 35.5. The van der Waals surface area contributed by atoms with Gasteiger partial charge in [0.2, 0.25) is 0 Å². The first-order chi connectivity index (χ1) is 13.5. The molecule has 0 atom stereocenters. The third-order valence-corrected chi connectivity index (χ3v) is 5.31. The molecule has 1 heterocycles. The maximum Gasteiger partial charge on any atom is 0.325 e. The van der Waals surface area contributed by atoms with Crippen LogP contribution in [0.2, 0.25) is 5.02 Å². The quantitative estimate of drug-likeness (QED) is 0.470.